The second-order valence-electron chi connectivity index (χ2n) is 10.2. The lowest BCUT2D eigenvalue weighted by atomic mass is 9.85. The lowest BCUT2D eigenvalue weighted by molar-refractivity contribution is 0.0763. The summed E-state index contributed by atoms with van der Waals surface area (Å²) in [6.45, 7) is 4.53. The van der Waals surface area contributed by atoms with Crippen molar-refractivity contribution in [3.63, 3.8) is 0 Å². The van der Waals surface area contributed by atoms with Crippen molar-refractivity contribution >= 4 is 33.2 Å². The van der Waals surface area contributed by atoms with Crippen LogP contribution in [0.4, 0.5) is 11.5 Å². The molecule has 1 aromatic carbocycles. The third kappa shape index (κ3) is 4.09. The maximum absolute atomic E-state index is 12.8. The number of ether oxygens (including phenoxy) is 1. The second kappa shape index (κ2) is 9.21. The molecule has 0 spiro atoms. The zero-order valence-electron chi connectivity index (χ0n) is 20.7. The number of aromatic nitrogens is 3. The molecule has 1 aliphatic carbocycles. The highest BCUT2D eigenvalue weighted by Crippen LogP contribution is 2.61. The van der Waals surface area contributed by atoms with Crippen LogP contribution in [0, 0.1) is 17.2 Å². The van der Waals surface area contributed by atoms with E-state index < -0.39 is 16.3 Å². The number of nitriles is 1. The van der Waals surface area contributed by atoms with E-state index in [1.165, 1.54) is 0 Å². The van der Waals surface area contributed by atoms with Gasteiger partial charge in [-0.15, -0.1) is 10.8 Å². The molecule has 2 aromatic heterocycles. The highest BCUT2D eigenvalue weighted by Gasteiger charge is 2.43. The predicted molar refractivity (Wildman–Crippen MR) is 139 cm³/mol. The molecule has 3 aromatic rings. The van der Waals surface area contributed by atoms with Gasteiger partial charge in [0.1, 0.15) is 5.39 Å². The summed E-state index contributed by atoms with van der Waals surface area (Å²) in [6.07, 6.45) is 5.30. The molecule has 0 unspecified atom stereocenters. The lowest BCUT2D eigenvalue weighted by Gasteiger charge is -2.46. The Morgan fingerprint density at radius 2 is 2.08 bits per heavy atom. The Labute approximate surface area is 211 Å². The molecule has 36 heavy (non-hydrogen) atoms. The van der Waals surface area contributed by atoms with Gasteiger partial charge >= 0.3 is 0 Å². The summed E-state index contributed by atoms with van der Waals surface area (Å²) in [5.41, 5.74) is 1.33. The van der Waals surface area contributed by atoms with Crippen molar-refractivity contribution in [2.45, 2.75) is 62.6 Å². The summed E-state index contributed by atoms with van der Waals surface area (Å²) in [7, 11) is -1.56. The average molecular weight is 513 g/mol. The predicted octanol–water partition coefficient (Wildman–Crippen LogP) is 4.99. The molecule has 1 saturated carbocycles. The molecule has 192 valence electrons. The number of methoxy groups -OCH3 is 1. The van der Waals surface area contributed by atoms with Crippen LogP contribution in [0.1, 0.15) is 51.1 Å². The van der Waals surface area contributed by atoms with Crippen molar-refractivity contribution in [1.29, 1.82) is 5.26 Å². The van der Waals surface area contributed by atoms with Crippen LogP contribution in [-0.2, 0) is 11.3 Å². The van der Waals surface area contributed by atoms with E-state index in [4.69, 9.17) is 9.84 Å². The van der Waals surface area contributed by atoms with Gasteiger partial charge < -0.3 is 15.0 Å². The first kappa shape index (κ1) is 24.8. The molecule has 1 aliphatic heterocycles. The van der Waals surface area contributed by atoms with Gasteiger partial charge in [0.15, 0.2) is 5.82 Å². The van der Waals surface area contributed by atoms with Crippen LogP contribution < -0.4 is 10.9 Å². The fourth-order valence-corrected chi connectivity index (χ4v) is 7.55. The van der Waals surface area contributed by atoms with E-state index in [9.17, 15) is 19.2 Å². The van der Waals surface area contributed by atoms with E-state index in [1.807, 2.05) is 30.7 Å². The molecular formula is C25H32N6O4S. The van der Waals surface area contributed by atoms with Gasteiger partial charge in [0.25, 0.3) is 5.56 Å². The van der Waals surface area contributed by atoms with E-state index in [0.29, 0.717) is 40.5 Å². The van der Waals surface area contributed by atoms with Gasteiger partial charge in [0.2, 0.25) is 0 Å². The van der Waals surface area contributed by atoms with Gasteiger partial charge in [-0.3, -0.25) is 18.6 Å². The first-order chi connectivity index (χ1) is 17.2. The molecule has 10 nitrogen and oxygen atoms in total. The summed E-state index contributed by atoms with van der Waals surface area (Å²) in [5.74, 6) is 0.260. The number of anilines is 2. The number of fused-ring (bicyclic) bond motifs is 2. The van der Waals surface area contributed by atoms with Crippen LogP contribution in [-0.4, -0.2) is 47.4 Å². The van der Waals surface area contributed by atoms with Crippen LogP contribution in [0.2, 0.25) is 0 Å². The van der Waals surface area contributed by atoms with Crippen LogP contribution in [0.5, 0.6) is 0 Å². The minimum atomic E-state index is -3.16. The summed E-state index contributed by atoms with van der Waals surface area (Å²) in [5, 5.41) is 18.2. The van der Waals surface area contributed by atoms with Gasteiger partial charge in [-0.05, 0) is 56.5 Å². The molecule has 0 radical (unpaired) electrons. The number of H-pyrrole nitrogens is 1. The summed E-state index contributed by atoms with van der Waals surface area (Å²) < 4.78 is 30.9. The third-order valence-corrected chi connectivity index (χ3v) is 9.48. The van der Waals surface area contributed by atoms with E-state index in [-0.39, 0.29) is 17.5 Å². The minimum absolute atomic E-state index is 0.0896. The molecule has 0 saturated heterocycles. The molecule has 0 bridgehead atoms. The smallest absolute Gasteiger partial charge is 0.261 e. The average Bonchev–Trinajstić information content (AvgIpc) is 3.34. The van der Waals surface area contributed by atoms with E-state index in [2.05, 4.69) is 16.4 Å². The molecule has 1 fully saturated rings. The minimum Gasteiger partial charge on any atom is -0.383 e. The Morgan fingerprint density at radius 3 is 2.83 bits per heavy atom. The van der Waals surface area contributed by atoms with Crippen molar-refractivity contribution in [3.05, 3.63) is 46.4 Å². The Balaban J connectivity index is 1.51. The zero-order chi connectivity index (χ0) is 25.7. The fourth-order valence-electron chi connectivity index (χ4n) is 5.53. The van der Waals surface area contributed by atoms with Crippen LogP contribution >= 0.6 is 10.8 Å². The highest BCUT2D eigenvalue weighted by atomic mass is 32.3. The van der Waals surface area contributed by atoms with Crippen molar-refractivity contribution in [2.24, 2.45) is 5.92 Å². The van der Waals surface area contributed by atoms with Crippen molar-refractivity contribution in [1.82, 2.24) is 19.1 Å². The van der Waals surface area contributed by atoms with Crippen LogP contribution in [0.25, 0.3) is 10.9 Å². The highest BCUT2D eigenvalue weighted by molar-refractivity contribution is 8.22. The zero-order valence-corrected chi connectivity index (χ0v) is 21.5. The molecule has 2 aliphatic rings. The topological polar surface area (TPSA) is 139 Å². The number of rotatable bonds is 6. The van der Waals surface area contributed by atoms with Gasteiger partial charge in [-0.2, -0.15) is 14.7 Å². The monoisotopic (exact) mass is 512 g/mol. The van der Waals surface area contributed by atoms with E-state index in [1.54, 1.807) is 29.7 Å². The summed E-state index contributed by atoms with van der Waals surface area (Å²) >= 11 is 0. The van der Waals surface area contributed by atoms with Gasteiger partial charge in [0.05, 0.1) is 40.6 Å². The third-order valence-electron chi connectivity index (χ3n) is 7.25. The number of benzene rings is 1. The molecule has 4 N–H and O–H groups in total. The SMILES string of the molecule is COCC(C)(C)N1Cc2cc(Nc3nn([C@H]4CCCC[C@@H]4C#N)c4cc[nH]c(=O)c34)ccc2S1(O)O. The Bertz CT molecular complexity index is 1390. The number of hydrogen-bond donors (Lipinski definition) is 4. The molecule has 5 rings (SSSR count). The quantitative estimate of drug-likeness (QED) is 0.362. The first-order valence-corrected chi connectivity index (χ1v) is 13.6. The standard InChI is InChI=1S/C25H32N6O4S/c1-25(2,15-35-3)30-14-17-12-18(8-9-21(17)36(30,33)34)28-23-22-20(10-11-27-24(22)32)31(29-23)19-7-5-4-6-16(19)13-26/h8-12,16,19,33-34H,4-7,14-15H2,1-3H3,(H,27,32)(H,28,29)/t16-,19+/m1/s1. The van der Waals surface area contributed by atoms with Gasteiger partial charge in [-0.1, -0.05) is 12.8 Å². The maximum Gasteiger partial charge on any atom is 0.261 e. The molecule has 11 heteroatoms. The van der Waals surface area contributed by atoms with Gasteiger partial charge in [-0.25, -0.2) is 0 Å². The van der Waals surface area contributed by atoms with Crippen molar-refractivity contribution < 1.29 is 13.8 Å². The Hall–Kier alpha value is -2.88. The number of hydrogen-bond acceptors (Lipinski definition) is 8. The molecule has 2 atom stereocenters. The number of pyridine rings is 1. The second-order valence-corrected chi connectivity index (χ2v) is 12.1. The normalized spacial score (nSPS) is 22.8. The number of nitrogens with zero attached hydrogens (tertiary/aromatic N) is 4. The summed E-state index contributed by atoms with van der Waals surface area (Å²) in [4.78, 5) is 16.1. The molecule has 0 amide bonds. The van der Waals surface area contributed by atoms with Crippen molar-refractivity contribution in [3.8, 4) is 6.07 Å². The Morgan fingerprint density at radius 1 is 1.31 bits per heavy atom. The maximum atomic E-state index is 12.8. The van der Waals surface area contributed by atoms with Gasteiger partial charge in [0, 0.05) is 25.5 Å². The van der Waals surface area contributed by atoms with E-state index >= 15 is 0 Å². The number of nitrogens with one attached hydrogen (secondary N) is 2. The molecule has 3 heterocycles. The van der Waals surface area contributed by atoms with Crippen molar-refractivity contribution in [2.75, 3.05) is 19.0 Å². The lowest BCUT2D eigenvalue weighted by Crippen LogP contribution is -2.45. The van der Waals surface area contributed by atoms with E-state index in [0.717, 1.165) is 31.2 Å². The van der Waals surface area contributed by atoms with Crippen LogP contribution in [0.3, 0.4) is 0 Å². The van der Waals surface area contributed by atoms with Crippen LogP contribution in [0.15, 0.2) is 40.2 Å². The fraction of sp³-hybridized carbons (Fsp3) is 0.480. The molecular weight excluding hydrogens is 480 g/mol. The largest absolute Gasteiger partial charge is 0.383 e. The Kier molecular flexibility index (Phi) is 6.34. The number of aromatic amines is 1. The summed E-state index contributed by atoms with van der Waals surface area (Å²) in [6, 6.07) is 9.51. The first-order valence-electron chi connectivity index (χ1n) is 12.1.